The zero-order valence-electron chi connectivity index (χ0n) is 9.13. The summed E-state index contributed by atoms with van der Waals surface area (Å²) in [6.07, 6.45) is 1.68. The molecule has 0 radical (unpaired) electrons. The van der Waals surface area contributed by atoms with Gasteiger partial charge >= 0.3 is 0 Å². The number of fused-ring (bicyclic) bond motifs is 1. The second-order valence-electron chi connectivity index (χ2n) is 4.30. The normalized spacial score (nSPS) is 12.1. The van der Waals surface area contributed by atoms with Crippen molar-refractivity contribution >= 4 is 11.2 Å². The molecule has 0 N–H and O–H groups in total. The monoisotopic (exact) mass is 192 g/mol. The second kappa shape index (κ2) is 3.19. The van der Waals surface area contributed by atoms with Crippen molar-refractivity contribution in [2.75, 3.05) is 0 Å². The van der Waals surface area contributed by atoms with E-state index < -0.39 is 0 Å². The van der Waals surface area contributed by atoms with E-state index in [1.54, 1.807) is 6.26 Å². The molecule has 76 valence electrons. The van der Waals surface area contributed by atoms with E-state index >= 15 is 0 Å². The van der Waals surface area contributed by atoms with Crippen molar-refractivity contribution in [1.82, 2.24) is 0 Å². The lowest BCUT2D eigenvalue weighted by Crippen LogP contribution is -1.93. The molecular weight excluding hydrogens is 176 g/mol. The summed E-state index contributed by atoms with van der Waals surface area (Å²) in [5, 5.41) is 0. The maximum absolute atomic E-state index is 5.77. The van der Waals surface area contributed by atoms with Crippen LogP contribution in [0.25, 0.3) is 11.2 Å². The van der Waals surface area contributed by atoms with Gasteiger partial charge in [0.05, 0.1) is 6.26 Å². The Balaban J connectivity index is 2.69. The highest BCUT2D eigenvalue weighted by atomic mass is 16.4. The quantitative estimate of drug-likeness (QED) is 0.710. The van der Waals surface area contributed by atoms with Crippen molar-refractivity contribution in [3.8, 4) is 0 Å². The second-order valence-corrected chi connectivity index (χ2v) is 4.30. The van der Waals surface area contributed by atoms with E-state index in [-0.39, 0.29) is 0 Å². The van der Waals surface area contributed by atoms with Crippen LogP contribution in [0.1, 0.15) is 50.9 Å². The Morgan fingerprint density at radius 3 is 2.36 bits per heavy atom. The molecule has 0 saturated heterocycles. The first-order chi connectivity index (χ1) is 6.61. The number of furan rings is 2. The van der Waals surface area contributed by atoms with Crippen molar-refractivity contribution in [3.05, 3.63) is 23.7 Å². The van der Waals surface area contributed by atoms with Crippen LogP contribution < -0.4 is 0 Å². The summed E-state index contributed by atoms with van der Waals surface area (Å²) in [4.78, 5) is 0. The van der Waals surface area contributed by atoms with E-state index in [1.807, 2.05) is 6.07 Å². The van der Waals surface area contributed by atoms with Gasteiger partial charge in [0.15, 0.2) is 11.2 Å². The average Bonchev–Trinajstić information content (AvgIpc) is 2.58. The van der Waals surface area contributed by atoms with Crippen LogP contribution in [0.2, 0.25) is 0 Å². The lowest BCUT2D eigenvalue weighted by Gasteiger charge is -2.07. The van der Waals surface area contributed by atoms with E-state index in [0.717, 1.165) is 16.9 Å². The SMILES string of the molecule is CC(C)c1oc2ccoc2c1C(C)C. The minimum absolute atomic E-state index is 0.412. The standard InChI is InChI=1S/C12H16O2/c1-7(2)10-11(8(3)4)14-9-5-6-13-12(9)10/h5-8H,1-4H3. The van der Waals surface area contributed by atoms with Crippen LogP contribution in [0.4, 0.5) is 0 Å². The lowest BCUT2D eigenvalue weighted by molar-refractivity contribution is 0.511. The van der Waals surface area contributed by atoms with Crippen LogP contribution in [0.5, 0.6) is 0 Å². The minimum atomic E-state index is 0.412. The Morgan fingerprint density at radius 2 is 1.79 bits per heavy atom. The first-order valence-electron chi connectivity index (χ1n) is 5.11. The van der Waals surface area contributed by atoms with Crippen molar-refractivity contribution in [2.45, 2.75) is 39.5 Å². The Labute approximate surface area is 83.9 Å². The van der Waals surface area contributed by atoms with Crippen molar-refractivity contribution < 1.29 is 8.83 Å². The summed E-state index contributed by atoms with van der Waals surface area (Å²) < 4.78 is 11.2. The van der Waals surface area contributed by atoms with Crippen LogP contribution in [0.3, 0.4) is 0 Å². The first kappa shape index (κ1) is 9.38. The third-order valence-electron chi connectivity index (χ3n) is 2.46. The van der Waals surface area contributed by atoms with E-state index in [0.29, 0.717) is 11.8 Å². The fraction of sp³-hybridized carbons (Fsp3) is 0.500. The molecule has 0 spiro atoms. The summed E-state index contributed by atoms with van der Waals surface area (Å²) in [7, 11) is 0. The first-order valence-corrected chi connectivity index (χ1v) is 5.11. The average molecular weight is 192 g/mol. The number of hydrogen-bond acceptors (Lipinski definition) is 2. The van der Waals surface area contributed by atoms with Gasteiger partial charge in [-0.3, -0.25) is 0 Å². The number of hydrogen-bond donors (Lipinski definition) is 0. The summed E-state index contributed by atoms with van der Waals surface area (Å²) in [6.45, 7) is 8.62. The van der Waals surface area contributed by atoms with Crippen LogP contribution in [-0.2, 0) is 0 Å². The smallest absolute Gasteiger partial charge is 0.175 e. The van der Waals surface area contributed by atoms with Crippen molar-refractivity contribution in [2.24, 2.45) is 0 Å². The highest BCUT2D eigenvalue weighted by molar-refractivity contribution is 5.77. The van der Waals surface area contributed by atoms with Gasteiger partial charge in [-0.15, -0.1) is 0 Å². The molecule has 0 aromatic carbocycles. The zero-order valence-corrected chi connectivity index (χ0v) is 9.13. The Hall–Kier alpha value is -1.18. The van der Waals surface area contributed by atoms with Crippen LogP contribution in [0, 0.1) is 0 Å². The third kappa shape index (κ3) is 1.26. The fourth-order valence-electron chi connectivity index (χ4n) is 1.84. The summed E-state index contributed by atoms with van der Waals surface area (Å²) >= 11 is 0. The van der Waals surface area contributed by atoms with Gasteiger partial charge in [-0.05, 0) is 5.92 Å². The van der Waals surface area contributed by atoms with Gasteiger partial charge < -0.3 is 8.83 Å². The summed E-state index contributed by atoms with van der Waals surface area (Å²) in [5.74, 6) is 1.92. The minimum Gasteiger partial charge on any atom is -0.460 e. The molecule has 2 aromatic rings. The largest absolute Gasteiger partial charge is 0.460 e. The molecule has 2 nitrogen and oxygen atoms in total. The molecule has 0 aliphatic carbocycles. The van der Waals surface area contributed by atoms with Gasteiger partial charge in [-0.1, -0.05) is 27.7 Å². The highest BCUT2D eigenvalue weighted by Crippen LogP contribution is 2.36. The van der Waals surface area contributed by atoms with Crippen molar-refractivity contribution in [1.29, 1.82) is 0 Å². The predicted molar refractivity (Wildman–Crippen MR) is 56.7 cm³/mol. The van der Waals surface area contributed by atoms with Crippen LogP contribution in [-0.4, -0.2) is 0 Å². The maximum atomic E-state index is 5.77. The number of rotatable bonds is 2. The molecule has 0 unspecified atom stereocenters. The van der Waals surface area contributed by atoms with Crippen molar-refractivity contribution in [3.63, 3.8) is 0 Å². The van der Waals surface area contributed by atoms with Gasteiger partial charge in [0.2, 0.25) is 0 Å². The topological polar surface area (TPSA) is 26.3 Å². The molecule has 0 saturated carbocycles. The van der Waals surface area contributed by atoms with E-state index in [1.165, 1.54) is 5.56 Å². The van der Waals surface area contributed by atoms with E-state index in [9.17, 15) is 0 Å². The molecule has 0 aliphatic heterocycles. The van der Waals surface area contributed by atoms with E-state index in [2.05, 4.69) is 27.7 Å². The molecule has 0 aliphatic rings. The Kier molecular flexibility index (Phi) is 2.14. The van der Waals surface area contributed by atoms with Gasteiger partial charge in [0, 0.05) is 17.5 Å². The maximum Gasteiger partial charge on any atom is 0.175 e. The van der Waals surface area contributed by atoms with Gasteiger partial charge in [0.1, 0.15) is 5.76 Å². The van der Waals surface area contributed by atoms with Gasteiger partial charge in [-0.2, -0.15) is 0 Å². The third-order valence-corrected chi connectivity index (χ3v) is 2.46. The fourth-order valence-corrected chi connectivity index (χ4v) is 1.84. The predicted octanol–water partition coefficient (Wildman–Crippen LogP) is 4.27. The molecule has 2 heterocycles. The Morgan fingerprint density at radius 1 is 1.07 bits per heavy atom. The molecular formula is C12H16O2. The molecule has 0 bridgehead atoms. The van der Waals surface area contributed by atoms with Crippen LogP contribution >= 0.6 is 0 Å². The van der Waals surface area contributed by atoms with Crippen LogP contribution in [0.15, 0.2) is 21.2 Å². The molecule has 2 rings (SSSR count). The molecule has 14 heavy (non-hydrogen) atoms. The molecule has 0 atom stereocenters. The molecule has 2 aromatic heterocycles. The highest BCUT2D eigenvalue weighted by Gasteiger charge is 2.21. The lowest BCUT2D eigenvalue weighted by atomic mass is 9.98. The van der Waals surface area contributed by atoms with Gasteiger partial charge in [0.25, 0.3) is 0 Å². The summed E-state index contributed by atoms with van der Waals surface area (Å²) in [6, 6.07) is 1.88. The molecule has 0 amide bonds. The summed E-state index contributed by atoms with van der Waals surface area (Å²) in [5.41, 5.74) is 3.01. The Bertz CT molecular complexity index is 432. The molecule has 0 fully saturated rings. The molecule has 2 heteroatoms. The van der Waals surface area contributed by atoms with Gasteiger partial charge in [-0.25, -0.2) is 0 Å². The zero-order chi connectivity index (χ0) is 10.3. The van der Waals surface area contributed by atoms with E-state index in [4.69, 9.17) is 8.83 Å².